The quantitative estimate of drug-likeness (QED) is 0.575. The van der Waals surface area contributed by atoms with E-state index < -0.39 is 0 Å². The fraction of sp³-hybridized carbons (Fsp3) is 0.316. The molecule has 1 atom stereocenters. The summed E-state index contributed by atoms with van der Waals surface area (Å²) in [6.45, 7) is 6.00. The molecule has 0 spiro atoms. The molecule has 2 aromatic rings. The van der Waals surface area contributed by atoms with Crippen molar-refractivity contribution in [1.29, 1.82) is 0 Å². The minimum atomic E-state index is -0.246. The molecule has 25 heavy (non-hydrogen) atoms. The third-order valence-corrected chi connectivity index (χ3v) is 4.29. The largest absolute Gasteiger partial charge is 1.00 e. The summed E-state index contributed by atoms with van der Waals surface area (Å²) >= 11 is 0. The summed E-state index contributed by atoms with van der Waals surface area (Å²) in [5, 5.41) is 0.939. The standard InChI is InChI=1S/C19H23O4P.Li/c1-19(2,3)23-13-9-11-14(12-10-13)24-18(20)17-15(21-4)7-6-8-16(17)22-5;/h6-12,24H,1-5H3;/q;+1. The van der Waals surface area contributed by atoms with Crippen LogP contribution in [0.2, 0.25) is 0 Å². The number of ether oxygens (including phenoxy) is 3. The first-order valence-corrected chi connectivity index (χ1v) is 8.65. The summed E-state index contributed by atoms with van der Waals surface area (Å²) in [6, 6.07) is 12.9. The predicted octanol–water partition coefficient (Wildman–Crippen LogP) is 1.03. The van der Waals surface area contributed by atoms with Crippen molar-refractivity contribution in [2.24, 2.45) is 0 Å². The van der Waals surface area contributed by atoms with Crippen molar-refractivity contribution in [3.63, 3.8) is 0 Å². The van der Waals surface area contributed by atoms with E-state index in [2.05, 4.69) is 0 Å². The molecule has 6 heteroatoms. The van der Waals surface area contributed by atoms with Crippen molar-refractivity contribution < 1.29 is 37.9 Å². The van der Waals surface area contributed by atoms with E-state index in [1.807, 2.05) is 45.0 Å². The van der Waals surface area contributed by atoms with Crippen LogP contribution >= 0.6 is 8.58 Å². The van der Waals surface area contributed by atoms with Crippen LogP contribution in [0, 0.1) is 0 Å². The van der Waals surface area contributed by atoms with Crippen LogP contribution in [-0.4, -0.2) is 25.3 Å². The SMILES string of the molecule is COc1cccc(OC)c1C(=O)Pc1ccc(OC(C)(C)C)cc1.[Li+]. The van der Waals surface area contributed by atoms with Crippen LogP contribution in [-0.2, 0) is 0 Å². The summed E-state index contributed by atoms with van der Waals surface area (Å²) in [7, 11) is 3.08. The molecule has 0 aliphatic heterocycles. The Morgan fingerprint density at radius 1 is 0.920 bits per heavy atom. The van der Waals surface area contributed by atoms with Gasteiger partial charge in [-0.15, -0.1) is 0 Å². The number of methoxy groups -OCH3 is 2. The average molecular weight is 353 g/mol. The molecule has 0 bridgehead atoms. The van der Waals surface area contributed by atoms with Crippen molar-refractivity contribution in [3.8, 4) is 17.2 Å². The van der Waals surface area contributed by atoms with Crippen LogP contribution in [0.15, 0.2) is 42.5 Å². The minimum Gasteiger partial charge on any atom is -0.496 e. The van der Waals surface area contributed by atoms with E-state index in [9.17, 15) is 4.79 Å². The van der Waals surface area contributed by atoms with Crippen LogP contribution in [0.25, 0.3) is 0 Å². The maximum Gasteiger partial charge on any atom is 1.00 e. The van der Waals surface area contributed by atoms with Crippen molar-refractivity contribution in [2.45, 2.75) is 26.4 Å². The van der Waals surface area contributed by atoms with Crippen molar-refractivity contribution >= 4 is 19.4 Å². The van der Waals surface area contributed by atoms with Crippen molar-refractivity contribution in [2.75, 3.05) is 14.2 Å². The maximum absolute atomic E-state index is 12.7. The van der Waals surface area contributed by atoms with Crippen molar-refractivity contribution in [3.05, 3.63) is 48.0 Å². The second kappa shape index (κ2) is 9.29. The van der Waals surface area contributed by atoms with Crippen LogP contribution in [0.4, 0.5) is 0 Å². The Hall–Kier alpha value is -1.46. The molecular weight excluding hydrogens is 330 g/mol. The monoisotopic (exact) mass is 353 g/mol. The maximum atomic E-state index is 12.7. The van der Waals surface area contributed by atoms with Crippen molar-refractivity contribution in [1.82, 2.24) is 0 Å². The summed E-state index contributed by atoms with van der Waals surface area (Å²) in [6.07, 6.45) is 0. The summed E-state index contributed by atoms with van der Waals surface area (Å²) < 4.78 is 16.4. The summed E-state index contributed by atoms with van der Waals surface area (Å²) in [5.41, 5.74) is 0.217. The summed E-state index contributed by atoms with van der Waals surface area (Å²) in [5.74, 6) is 1.84. The van der Waals surface area contributed by atoms with Gasteiger partial charge in [0, 0.05) is 0 Å². The zero-order valence-electron chi connectivity index (χ0n) is 15.7. The van der Waals surface area contributed by atoms with Gasteiger partial charge in [-0.3, -0.25) is 4.79 Å². The predicted molar refractivity (Wildman–Crippen MR) is 98.6 cm³/mol. The molecule has 0 N–H and O–H groups in total. The second-order valence-electron chi connectivity index (χ2n) is 6.23. The van der Waals surface area contributed by atoms with Gasteiger partial charge >= 0.3 is 18.9 Å². The zero-order chi connectivity index (χ0) is 17.7. The van der Waals surface area contributed by atoms with E-state index in [-0.39, 0.29) is 38.6 Å². The zero-order valence-corrected chi connectivity index (χ0v) is 16.7. The van der Waals surface area contributed by atoms with E-state index in [1.54, 1.807) is 32.4 Å². The first kappa shape index (κ1) is 21.6. The fourth-order valence-corrected chi connectivity index (χ4v) is 3.20. The fourth-order valence-electron chi connectivity index (χ4n) is 2.23. The Labute approximate surface area is 163 Å². The smallest absolute Gasteiger partial charge is 0.496 e. The molecule has 0 aliphatic carbocycles. The molecule has 2 rings (SSSR count). The Balaban J connectivity index is 0.00000312. The molecule has 0 aliphatic rings. The minimum absolute atomic E-state index is 0. The number of carbonyl (C=O) groups excluding carboxylic acids is 1. The molecular formula is C19H23LiO4P+. The van der Waals surface area contributed by atoms with Crippen LogP contribution < -0.4 is 38.4 Å². The Morgan fingerprint density at radius 3 is 1.88 bits per heavy atom. The van der Waals surface area contributed by atoms with E-state index in [4.69, 9.17) is 14.2 Å². The normalized spacial score (nSPS) is 11.1. The number of hydrogen-bond donors (Lipinski definition) is 0. The number of benzene rings is 2. The Morgan fingerprint density at radius 2 is 1.44 bits per heavy atom. The molecule has 0 saturated carbocycles. The van der Waals surface area contributed by atoms with E-state index in [0.717, 1.165) is 11.1 Å². The molecule has 1 unspecified atom stereocenters. The van der Waals surface area contributed by atoms with Gasteiger partial charge in [-0.2, -0.15) is 0 Å². The van der Waals surface area contributed by atoms with Gasteiger partial charge in [0.1, 0.15) is 28.4 Å². The van der Waals surface area contributed by atoms with Gasteiger partial charge < -0.3 is 14.2 Å². The Bertz CT molecular complexity index is 686. The first-order chi connectivity index (χ1) is 11.3. The third-order valence-electron chi connectivity index (χ3n) is 3.19. The molecule has 0 aromatic heterocycles. The van der Waals surface area contributed by atoms with Crippen LogP contribution in [0.5, 0.6) is 17.2 Å². The Kier molecular flexibility index (Phi) is 8.02. The molecule has 0 radical (unpaired) electrons. The molecule has 0 saturated heterocycles. The molecule has 0 fully saturated rings. The van der Waals surface area contributed by atoms with E-state index >= 15 is 0 Å². The van der Waals surface area contributed by atoms with Gasteiger partial charge in [-0.05, 0) is 58.9 Å². The third kappa shape index (κ3) is 6.08. The molecule has 128 valence electrons. The first-order valence-electron chi connectivity index (χ1n) is 7.65. The van der Waals surface area contributed by atoms with Crippen LogP contribution in [0.1, 0.15) is 31.1 Å². The van der Waals surface area contributed by atoms with Crippen LogP contribution in [0.3, 0.4) is 0 Å². The molecule has 2 aromatic carbocycles. The van der Waals surface area contributed by atoms with Gasteiger partial charge in [-0.1, -0.05) is 18.2 Å². The van der Waals surface area contributed by atoms with Gasteiger partial charge in [0.15, 0.2) is 5.52 Å². The summed E-state index contributed by atoms with van der Waals surface area (Å²) in [4.78, 5) is 12.7. The average Bonchev–Trinajstić information content (AvgIpc) is 2.54. The van der Waals surface area contributed by atoms with Gasteiger partial charge in [0.2, 0.25) is 0 Å². The van der Waals surface area contributed by atoms with E-state index in [0.29, 0.717) is 17.1 Å². The molecule has 4 nitrogen and oxygen atoms in total. The topological polar surface area (TPSA) is 44.8 Å². The van der Waals surface area contributed by atoms with Gasteiger partial charge in [-0.25, -0.2) is 0 Å². The molecule has 0 heterocycles. The number of hydrogen-bond acceptors (Lipinski definition) is 4. The van der Waals surface area contributed by atoms with E-state index in [1.165, 1.54) is 0 Å². The molecule has 0 amide bonds. The van der Waals surface area contributed by atoms with Gasteiger partial charge in [0.05, 0.1) is 14.2 Å². The second-order valence-corrected chi connectivity index (χ2v) is 7.51. The number of rotatable bonds is 6. The number of carbonyl (C=O) groups is 1. The van der Waals surface area contributed by atoms with Gasteiger partial charge in [0.25, 0.3) is 0 Å².